The number of hydrogen-bond donors (Lipinski definition) is 1. The van der Waals surface area contributed by atoms with Crippen LogP contribution in [0.25, 0.3) is 11.0 Å². The molecule has 30 heavy (non-hydrogen) atoms. The normalized spacial score (nSPS) is 14.9. The Labute approximate surface area is 176 Å². The van der Waals surface area contributed by atoms with Gasteiger partial charge in [0.2, 0.25) is 11.8 Å². The minimum absolute atomic E-state index is 0.0363. The first-order valence-electron chi connectivity index (χ1n) is 10.8. The van der Waals surface area contributed by atoms with Crippen molar-refractivity contribution in [1.29, 1.82) is 0 Å². The van der Waals surface area contributed by atoms with Crippen molar-refractivity contribution in [1.82, 2.24) is 19.4 Å². The van der Waals surface area contributed by atoms with Crippen LogP contribution in [0.4, 0.5) is 0 Å². The number of rotatable bonds is 9. The van der Waals surface area contributed by atoms with Crippen LogP contribution in [0.2, 0.25) is 0 Å². The molecular weight excluding hydrogens is 384 g/mol. The van der Waals surface area contributed by atoms with Gasteiger partial charge in [-0.1, -0.05) is 12.1 Å². The van der Waals surface area contributed by atoms with Gasteiger partial charge in [-0.15, -0.1) is 0 Å². The fourth-order valence-electron chi connectivity index (χ4n) is 4.12. The van der Waals surface area contributed by atoms with E-state index in [-0.39, 0.29) is 29.8 Å². The summed E-state index contributed by atoms with van der Waals surface area (Å²) in [4.78, 5) is 39.5. The molecule has 1 aliphatic rings. The Balaban J connectivity index is 1.51. The summed E-state index contributed by atoms with van der Waals surface area (Å²) < 4.78 is 8.41. The second kappa shape index (κ2) is 10.4. The predicted octanol–water partition coefficient (Wildman–Crippen LogP) is 1.60. The highest BCUT2D eigenvalue weighted by molar-refractivity contribution is 5.80. The van der Waals surface area contributed by atoms with Crippen molar-refractivity contribution in [3.63, 3.8) is 0 Å². The van der Waals surface area contributed by atoms with Crippen LogP contribution in [0.5, 0.6) is 0 Å². The molecule has 1 N–H and O–H groups in total. The van der Waals surface area contributed by atoms with E-state index in [2.05, 4.69) is 5.32 Å². The summed E-state index contributed by atoms with van der Waals surface area (Å²) >= 11 is 0. The Morgan fingerprint density at radius 1 is 1.13 bits per heavy atom. The largest absolute Gasteiger partial charge is 0.385 e. The molecule has 0 radical (unpaired) electrons. The first kappa shape index (κ1) is 22.1. The first-order chi connectivity index (χ1) is 14.6. The molecule has 1 aromatic heterocycles. The van der Waals surface area contributed by atoms with E-state index in [0.29, 0.717) is 52.2 Å². The van der Waals surface area contributed by atoms with Gasteiger partial charge < -0.3 is 15.0 Å². The molecule has 2 amide bonds. The van der Waals surface area contributed by atoms with E-state index in [4.69, 9.17) is 4.74 Å². The molecule has 0 saturated carbocycles. The highest BCUT2D eigenvalue weighted by Crippen LogP contribution is 2.19. The van der Waals surface area contributed by atoms with Crippen molar-refractivity contribution in [2.75, 3.05) is 33.4 Å². The maximum atomic E-state index is 12.7. The van der Waals surface area contributed by atoms with Gasteiger partial charge in [-0.05, 0) is 38.3 Å². The highest BCUT2D eigenvalue weighted by atomic mass is 16.5. The summed E-state index contributed by atoms with van der Waals surface area (Å²) in [6, 6.07) is 7.68. The third-order valence-electron chi connectivity index (χ3n) is 5.83. The molecular formula is C22H32N4O4. The number of benzene rings is 1. The number of aryl methyl sites for hydroxylation is 2. The summed E-state index contributed by atoms with van der Waals surface area (Å²) in [6.07, 6.45) is 2.44. The summed E-state index contributed by atoms with van der Waals surface area (Å²) in [5, 5.41) is 2.95. The zero-order chi connectivity index (χ0) is 21.5. The second-order valence-electron chi connectivity index (χ2n) is 7.71. The van der Waals surface area contributed by atoms with Crippen LogP contribution in [-0.2, 0) is 27.4 Å². The smallest absolute Gasteiger partial charge is 0.329 e. The van der Waals surface area contributed by atoms with Crippen LogP contribution in [-0.4, -0.2) is 59.2 Å². The second-order valence-corrected chi connectivity index (χ2v) is 7.71. The SMILES string of the molecule is CCn1c(=O)n(CCC(=O)N2CCC(C(=O)NCCCOC)CC2)c2ccccc21. The molecule has 1 fully saturated rings. The zero-order valence-corrected chi connectivity index (χ0v) is 17.9. The van der Waals surface area contributed by atoms with E-state index >= 15 is 0 Å². The Bertz CT molecular complexity index is 925. The number of imidazole rings is 1. The van der Waals surface area contributed by atoms with E-state index < -0.39 is 0 Å². The van der Waals surface area contributed by atoms with Gasteiger partial charge in [-0.2, -0.15) is 0 Å². The summed E-state index contributed by atoms with van der Waals surface area (Å²) in [5.41, 5.74) is 1.69. The minimum atomic E-state index is -0.0737. The van der Waals surface area contributed by atoms with E-state index in [1.54, 1.807) is 16.2 Å². The van der Waals surface area contributed by atoms with Gasteiger partial charge in [0, 0.05) is 58.8 Å². The molecule has 2 aromatic rings. The maximum absolute atomic E-state index is 12.7. The quantitative estimate of drug-likeness (QED) is 0.630. The van der Waals surface area contributed by atoms with Crippen LogP contribution in [0.3, 0.4) is 0 Å². The molecule has 8 nitrogen and oxygen atoms in total. The fourth-order valence-corrected chi connectivity index (χ4v) is 4.12. The fraction of sp³-hybridized carbons (Fsp3) is 0.591. The molecule has 2 heterocycles. The van der Waals surface area contributed by atoms with E-state index in [0.717, 1.165) is 17.5 Å². The zero-order valence-electron chi connectivity index (χ0n) is 17.9. The van der Waals surface area contributed by atoms with Gasteiger partial charge in [0.15, 0.2) is 0 Å². The Morgan fingerprint density at radius 3 is 2.43 bits per heavy atom. The third-order valence-corrected chi connectivity index (χ3v) is 5.83. The van der Waals surface area contributed by atoms with Gasteiger partial charge in [-0.3, -0.25) is 18.7 Å². The molecule has 0 unspecified atom stereocenters. The van der Waals surface area contributed by atoms with Crippen LogP contribution >= 0.6 is 0 Å². The highest BCUT2D eigenvalue weighted by Gasteiger charge is 2.27. The monoisotopic (exact) mass is 416 g/mol. The number of para-hydroxylation sites is 2. The number of piperidine rings is 1. The van der Waals surface area contributed by atoms with Crippen molar-refractivity contribution in [2.24, 2.45) is 5.92 Å². The number of amides is 2. The predicted molar refractivity (Wildman–Crippen MR) is 115 cm³/mol. The number of carbonyl (C=O) groups excluding carboxylic acids is 2. The van der Waals surface area contributed by atoms with Crippen molar-refractivity contribution < 1.29 is 14.3 Å². The van der Waals surface area contributed by atoms with E-state index in [1.807, 2.05) is 36.1 Å². The van der Waals surface area contributed by atoms with Crippen LogP contribution in [0.1, 0.15) is 32.6 Å². The Kier molecular flexibility index (Phi) is 7.68. The number of nitrogens with one attached hydrogen (secondary N) is 1. The molecule has 3 rings (SSSR count). The molecule has 0 bridgehead atoms. The van der Waals surface area contributed by atoms with Gasteiger partial charge >= 0.3 is 5.69 Å². The number of methoxy groups -OCH3 is 1. The van der Waals surface area contributed by atoms with Crippen molar-refractivity contribution in [2.45, 2.75) is 45.7 Å². The lowest BCUT2D eigenvalue weighted by Crippen LogP contribution is -2.43. The maximum Gasteiger partial charge on any atom is 0.329 e. The average molecular weight is 417 g/mol. The van der Waals surface area contributed by atoms with Crippen LogP contribution < -0.4 is 11.0 Å². The van der Waals surface area contributed by atoms with Crippen LogP contribution in [0.15, 0.2) is 29.1 Å². The van der Waals surface area contributed by atoms with E-state index in [1.165, 1.54) is 0 Å². The number of carbonyl (C=O) groups is 2. The number of nitrogens with zero attached hydrogens (tertiary/aromatic N) is 3. The summed E-state index contributed by atoms with van der Waals surface area (Å²) in [6.45, 7) is 5.33. The van der Waals surface area contributed by atoms with Crippen molar-refractivity contribution in [3.05, 3.63) is 34.7 Å². The number of aromatic nitrogens is 2. The molecule has 1 saturated heterocycles. The minimum Gasteiger partial charge on any atom is -0.385 e. The Morgan fingerprint density at radius 2 is 1.80 bits per heavy atom. The standard InChI is InChI=1S/C22H32N4O4/c1-3-25-18-7-4-5-8-19(18)26(22(25)29)15-11-20(27)24-13-9-17(10-14-24)21(28)23-12-6-16-30-2/h4-5,7-8,17H,3,6,9-16H2,1-2H3,(H,23,28). The molecule has 1 aliphatic heterocycles. The summed E-state index contributed by atoms with van der Waals surface area (Å²) in [7, 11) is 1.65. The van der Waals surface area contributed by atoms with Gasteiger partial charge in [0.05, 0.1) is 11.0 Å². The van der Waals surface area contributed by atoms with Crippen molar-refractivity contribution in [3.8, 4) is 0 Å². The number of hydrogen-bond acceptors (Lipinski definition) is 4. The first-order valence-corrected chi connectivity index (χ1v) is 10.8. The Hall–Kier alpha value is -2.61. The molecule has 8 heteroatoms. The molecule has 0 spiro atoms. The molecule has 1 aromatic carbocycles. The van der Waals surface area contributed by atoms with Gasteiger partial charge in [0.25, 0.3) is 0 Å². The average Bonchev–Trinajstić information content (AvgIpc) is 3.05. The third kappa shape index (κ3) is 4.92. The lowest BCUT2D eigenvalue weighted by atomic mass is 9.95. The summed E-state index contributed by atoms with van der Waals surface area (Å²) in [5.74, 6) is 0.0630. The number of ether oxygens (including phenoxy) is 1. The number of fused-ring (bicyclic) bond motifs is 1. The molecule has 0 atom stereocenters. The van der Waals surface area contributed by atoms with Gasteiger partial charge in [0.1, 0.15) is 0 Å². The van der Waals surface area contributed by atoms with Crippen molar-refractivity contribution >= 4 is 22.8 Å². The lowest BCUT2D eigenvalue weighted by Gasteiger charge is -2.31. The van der Waals surface area contributed by atoms with Crippen LogP contribution in [0, 0.1) is 5.92 Å². The number of likely N-dealkylation sites (tertiary alicyclic amines) is 1. The van der Waals surface area contributed by atoms with E-state index in [9.17, 15) is 14.4 Å². The van der Waals surface area contributed by atoms with Gasteiger partial charge in [-0.25, -0.2) is 4.79 Å². The lowest BCUT2D eigenvalue weighted by molar-refractivity contribution is -0.135. The topological polar surface area (TPSA) is 85.6 Å². The molecule has 164 valence electrons. The molecule has 0 aliphatic carbocycles.